The van der Waals surface area contributed by atoms with Gasteiger partial charge in [0.05, 0.1) is 12.8 Å². The zero-order valence-electron chi connectivity index (χ0n) is 12.3. The summed E-state index contributed by atoms with van der Waals surface area (Å²) in [6.45, 7) is 5.12. The second-order valence-electron chi connectivity index (χ2n) is 4.77. The van der Waals surface area contributed by atoms with Crippen molar-refractivity contribution in [3.8, 4) is 17.2 Å². The van der Waals surface area contributed by atoms with Gasteiger partial charge in [-0.2, -0.15) is 0 Å². The van der Waals surface area contributed by atoms with Crippen LogP contribution >= 0.6 is 0 Å². The van der Waals surface area contributed by atoms with Gasteiger partial charge in [0.25, 0.3) is 0 Å². The number of nitrogens with zero attached hydrogens (tertiary/aromatic N) is 1. The Morgan fingerprint density at radius 1 is 1.20 bits per heavy atom. The topological polar surface area (TPSA) is 47.3 Å². The lowest BCUT2D eigenvalue weighted by Gasteiger charge is -2.12. The highest BCUT2D eigenvalue weighted by Crippen LogP contribution is 2.21. The first-order valence-corrected chi connectivity index (χ1v) is 7.09. The molecule has 0 atom stereocenters. The van der Waals surface area contributed by atoms with E-state index in [9.17, 15) is 0 Å². The third-order valence-corrected chi connectivity index (χ3v) is 3.45. The molecule has 2 aromatic rings. The molecule has 0 aliphatic carbocycles. The van der Waals surface area contributed by atoms with Crippen LogP contribution < -0.4 is 10.1 Å². The minimum Gasteiger partial charge on any atom is -0.497 e. The standard InChI is InChI=1S/C16H22N2O2/c1-4-13(5-2)17-10-14-11-20-16(18-14)12-6-8-15(19-3)9-7-12/h6-9,11,13,17H,4-5,10H2,1-3H3. The molecule has 20 heavy (non-hydrogen) atoms. The van der Waals surface area contributed by atoms with Gasteiger partial charge in [0.2, 0.25) is 5.89 Å². The first-order valence-electron chi connectivity index (χ1n) is 7.09. The molecular formula is C16H22N2O2. The molecule has 0 bridgehead atoms. The Hall–Kier alpha value is -1.81. The molecule has 1 heterocycles. The summed E-state index contributed by atoms with van der Waals surface area (Å²) in [5.41, 5.74) is 1.89. The van der Waals surface area contributed by atoms with Gasteiger partial charge in [-0.15, -0.1) is 0 Å². The van der Waals surface area contributed by atoms with Crippen LogP contribution in [0.4, 0.5) is 0 Å². The van der Waals surface area contributed by atoms with E-state index in [1.54, 1.807) is 13.4 Å². The molecule has 0 saturated carbocycles. The van der Waals surface area contributed by atoms with Crippen LogP contribution in [0.25, 0.3) is 11.5 Å². The van der Waals surface area contributed by atoms with Crippen LogP contribution in [-0.2, 0) is 6.54 Å². The Morgan fingerprint density at radius 3 is 2.50 bits per heavy atom. The molecule has 0 aliphatic heterocycles. The van der Waals surface area contributed by atoms with Crippen molar-refractivity contribution >= 4 is 0 Å². The van der Waals surface area contributed by atoms with E-state index in [-0.39, 0.29) is 0 Å². The summed E-state index contributed by atoms with van der Waals surface area (Å²) >= 11 is 0. The second kappa shape index (κ2) is 7.10. The van der Waals surface area contributed by atoms with Crippen LogP contribution in [0, 0.1) is 0 Å². The molecule has 0 amide bonds. The van der Waals surface area contributed by atoms with E-state index < -0.39 is 0 Å². The Kier molecular flexibility index (Phi) is 5.18. The molecule has 4 heteroatoms. The summed E-state index contributed by atoms with van der Waals surface area (Å²) in [5.74, 6) is 1.48. The summed E-state index contributed by atoms with van der Waals surface area (Å²) in [5, 5.41) is 3.48. The van der Waals surface area contributed by atoms with Crippen molar-refractivity contribution < 1.29 is 9.15 Å². The number of benzene rings is 1. The lowest BCUT2D eigenvalue weighted by atomic mass is 10.2. The number of hydrogen-bond donors (Lipinski definition) is 1. The predicted octanol–water partition coefficient (Wildman–Crippen LogP) is 3.63. The Bertz CT molecular complexity index is 516. The molecule has 4 nitrogen and oxygen atoms in total. The Balaban J connectivity index is 2.00. The Labute approximate surface area is 120 Å². The van der Waals surface area contributed by atoms with Crippen LogP contribution in [-0.4, -0.2) is 18.1 Å². The molecule has 108 valence electrons. The van der Waals surface area contributed by atoms with E-state index in [2.05, 4.69) is 24.1 Å². The fourth-order valence-corrected chi connectivity index (χ4v) is 2.08. The van der Waals surface area contributed by atoms with E-state index >= 15 is 0 Å². The van der Waals surface area contributed by atoms with Crippen LogP contribution in [0.1, 0.15) is 32.4 Å². The monoisotopic (exact) mass is 274 g/mol. The van der Waals surface area contributed by atoms with Gasteiger partial charge in [-0.25, -0.2) is 4.98 Å². The third-order valence-electron chi connectivity index (χ3n) is 3.45. The minimum atomic E-state index is 0.538. The quantitative estimate of drug-likeness (QED) is 0.837. The van der Waals surface area contributed by atoms with Gasteiger partial charge in [0, 0.05) is 18.2 Å². The predicted molar refractivity (Wildman–Crippen MR) is 79.7 cm³/mol. The fourth-order valence-electron chi connectivity index (χ4n) is 2.08. The summed E-state index contributed by atoms with van der Waals surface area (Å²) < 4.78 is 10.7. The maximum atomic E-state index is 5.53. The third kappa shape index (κ3) is 3.61. The first-order chi connectivity index (χ1) is 9.76. The molecule has 0 unspecified atom stereocenters. The van der Waals surface area contributed by atoms with Gasteiger partial charge < -0.3 is 14.5 Å². The van der Waals surface area contributed by atoms with Crippen LogP contribution in [0.15, 0.2) is 34.9 Å². The number of nitrogens with one attached hydrogen (secondary N) is 1. The number of aromatic nitrogens is 1. The number of rotatable bonds is 7. The molecule has 1 N–H and O–H groups in total. The zero-order valence-corrected chi connectivity index (χ0v) is 12.3. The van der Waals surface area contributed by atoms with Crippen molar-refractivity contribution in [1.29, 1.82) is 0 Å². The van der Waals surface area contributed by atoms with E-state index in [1.807, 2.05) is 24.3 Å². The average molecular weight is 274 g/mol. The lowest BCUT2D eigenvalue weighted by molar-refractivity contribution is 0.415. The van der Waals surface area contributed by atoms with Crippen LogP contribution in [0.2, 0.25) is 0 Å². The number of hydrogen-bond acceptors (Lipinski definition) is 4. The van der Waals surface area contributed by atoms with Crippen LogP contribution in [0.5, 0.6) is 5.75 Å². The molecule has 0 radical (unpaired) electrons. The van der Waals surface area contributed by atoms with Crippen molar-refractivity contribution in [3.63, 3.8) is 0 Å². The lowest BCUT2D eigenvalue weighted by Crippen LogP contribution is -2.27. The van der Waals surface area contributed by atoms with Crippen molar-refractivity contribution in [3.05, 3.63) is 36.2 Å². The normalized spacial score (nSPS) is 11.0. The van der Waals surface area contributed by atoms with E-state index in [1.165, 1.54) is 0 Å². The Morgan fingerprint density at radius 2 is 1.90 bits per heavy atom. The molecule has 0 fully saturated rings. The van der Waals surface area contributed by atoms with Gasteiger partial charge >= 0.3 is 0 Å². The number of ether oxygens (including phenoxy) is 1. The van der Waals surface area contributed by atoms with Gasteiger partial charge in [0.1, 0.15) is 12.0 Å². The van der Waals surface area contributed by atoms with Crippen molar-refractivity contribution in [2.75, 3.05) is 7.11 Å². The summed E-state index contributed by atoms with van der Waals surface area (Å²) in [6, 6.07) is 8.24. The summed E-state index contributed by atoms with van der Waals surface area (Å²) in [7, 11) is 1.65. The molecule has 0 saturated heterocycles. The largest absolute Gasteiger partial charge is 0.497 e. The van der Waals surface area contributed by atoms with Gasteiger partial charge in [0.15, 0.2) is 0 Å². The van der Waals surface area contributed by atoms with Crippen molar-refractivity contribution in [1.82, 2.24) is 10.3 Å². The molecule has 0 spiro atoms. The summed E-state index contributed by atoms with van der Waals surface area (Å²) in [4.78, 5) is 4.51. The molecule has 2 rings (SSSR count). The van der Waals surface area contributed by atoms with Crippen LogP contribution in [0.3, 0.4) is 0 Å². The minimum absolute atomic E-state index is 0.538. The highest BCUT2D eigenvalue weighted by molar-refractivity contribution is 5.54. The van der Waals surface area contributed by atoms with Gasteiger partial charge in [-0.3, -0.25) is 0 Å². The fraction of sp³-hybridized carbons (Fsp3) is 0.438. The van der Waals surface area contributed by atoms with Crippen molar-refractivity contribution in [2.45, 2.75) is 39.3 Å². The van der Waals surface area contributed by atoms with Crippen molar-refractivity contribution in [2.24, 2.45) is 0 Å². The summed E-state index contributed by atoms with van der Waals surface area (Å²) in [6.07, 6.45) is 3.97. The highest BCUT2D eigenvalue weighted by atomic mass is 16.5. The SMILES string of the molecule is CCC(CC)NCc1coc(-c2ccc(OC)cc2)n1. The average Bonchev–Trinajstić information content (AvgIpc) is 2.97. The zero-order chi connectivity index (χ0) is 14.4. The van der Waals surface area contributed by atoms with Gasteiger partial charge in [-0.05, 0) is 37.1 Å². The van der Waals surface area contributed by atoms with E-state index in [4.69, 9.17) is 9.15 Å². The van der Waals surface area contributed by atoms with E-state index in [0.717, 1.165) is 36.4 Å². The molecule has 1 aromatic heterocycles. The van der Waals surface area contributed by atoms with E-state index in [0.29, 0.717) is 11.9 Å². The first kappa shape index (κ1) is 14.6. The van der Waals surface area contributed by atoms with Gasteiger partial charge in [-0.1, -0.05) is 13.8 Å². The number of methoxy groups -OCH3 is 1. The number of oxazole rings is 1. The smallest absolute Gasteiger partial charge is 0.226 e. The molecule has 0 aliphatic rings. The second-order valence-corrected chi connectivity index (χ2v) is 4.77. The highest BCUT2D eigenvalue weighted by Gasteiger charge is 2.08. The maximum Gasteiger partial charge on any atom is 0.226 e. The molecular weight excluding hydrogens is 252 g/mol. The molecule has 1 aromatic carbocycles. The maximum absolute atomic E-state index is 5.53.